The van der Waals surface area contributed by atoms with Crippen LogP contribution in [0.1, 0.15) is 31.2 Å². The van der Waals surface area contributed by atoms with Crippen LogP contribution in [0.2, 0.25) is 0 Å². The summed E-state index contributed by atoms with van der Waals surface area (Å²) in [5.41, 5.74) is 2.44. The maximum atomic E-state index is 15.5. The van der Waals surface area contributed by atoms with E-state index in [4.69, 9.17) is 4.74 Å². The molecule has 1 aliphatic carbocycles. The van der Waals surface area contributed by atoms with Gasteiger partial charge in [0.2, 0.25) is 0 Å². The number of benzene rings is 3. The standard InChI is InChI=1S/C30H30F2N4O3/c1-35-15-20-19(7-6-9-24(20)34-35)18-13-22(31)21(23(32)14-18)16-36-17-29(39-28-12-5-3-10-26(28)36)30(38)33-25-8-2-4-11-27(25)37/h3,5-7,9-10,12-15,25,27,29,37H,2,4,8,11,16-17H2,1H3,(H,33,38). The zero-order valence-corrected chi connectivity index (χ0v) is 21.6. The van der Waals surface area contributed by atoms with E-state index in [1.165, 1.54) is 12.1 Å². The largest absolute Gasteiger partial charge is 0.477 e. The fourth-order valence-corrected chi connectivity index (χ4v) is 5.66. The molecule has 3 unspecified atom stereocenters. The van der Waals surface area contributed by atoms with E-state index in [1.807, 2.05) is 36.5 Å². The van der Waals surface area contributed by atoms with Crippen molar-refractivity contribution >= 4 is 22.5 Å². The third-order valence-electron chi connectivity index (χ3n) is 7.68. The number of aliphatic hydroxyl groups excluding tert-OH is 1. The molecule has 0 saturated heterocycles. The van der Waals surface area contributed by atoms with Crippen LogP contribution in [0.25, 0.3) is 22.0 Å². The predicted octanol–water partition coefficient (Wildman–Crippen LogP) is 4.71. The Balaban J connectivity index is 1.27. The molecular weight excluding hydrogens is 502 g/mol. The average molecular weight is 533 g/mol. The number of para-hydroxylation sites is 2. The number of carbonyl (C=O) groups excluding carboxylic acids is 1. The van der Waals surface area contributed by atoms with Crippen molar-refractivity contribution in [1.29, 1.82) is 0 Å². The van der Waals surface area contributed by atoms with Gasteiger partial charge in [-0.25, -0.2) is 8.78 Å². The minimum Gasteiger partial charge on any atom is -0.477 e. The fraction of sp³-hybridized carbons (Fsp3) is 0.333. The Morgan fingerprint density at radius 2 is 1.87 bits per heavy atom. The number of anilines is 1. The first-order valence-electron chi connectivity index (χ1n) is 13.3. The van der Waals surface area contributed by atoms with Gasteiger partial charge in [0.1, 0.15) is 17.4 Å². The average Bonchev–Trinajstić information content (AvgIpc) is 3.32. The molecule has 3 atom stereocenters. The lowest BCUT2D eigenvalue weighted by molar-refractivity contribution is -0.129. The molecule has 0 bridgehead atoms. The van der Waals surface area contributed by atoms with Crippen molar-refractivity contribution in [2.24, 2.45) is 7.05 Å². The lowest BCUT2D eigenvalue weighted by Crippen LogP contribution is -2.54. The first kappa shape index (κ1) is 25.3. The van der Waals surface area contributed by atoms with Crippen LogP contribution in [-0.4, -0.2) is 45.6 Å². The second-order valence-electron chi connectivity index (χ2n) is 10.4. The Morgan fingerprint density at radius 3 is 2.67 bits per heavy atom. The molecule has 202 valence electrons. The Labute approximate surface area is 225 Å². The van der Waals surface area contributed by atoms with Crippen molar-refractivity contribution in [1.82, 2.24) is 15.1 Å². The maximum absolute atomic E-state index is 15.5. The molecule has 1 aliphatic heterocycles. The van der Waals surface area contributed by atoms with Gasteiger partial charge in [0.25, 0.3) is 5.91 Å². The Hall–Kier alpha value is -3.98. The highest BCUT2D eigenvalue weighted by Gasteiger charge is 2.34. The first-order valence-corrected chi connectivity index (χ1v) is 13.3. The van der Waals surface area contributed by atoms with Crippen LogP contribution in [0.15, 0.2) is 60.8 Å². The van der Waals surface area contributed by atoms with Gasteiger partial charge in [-0.2, -0.15) is 5.10 Å². The maximum Gasteiger partial charge on any atom is 0.263 e. The van der Waals surface area contributed by atoms with Crippen LogP contribution in [0.4, 0.5) is 14.5 Å². The molecule has 9 heteroatoms. The summed E-state index contributed by atoms with van der Waals surface area (Å²) in [5.74, 6) is -1.21. The van der Waals surface area contributed by atoms with Crippen LogP contribution in [0.5, 0.6) is 5.75 Å². The zero-order chi connectivity index (χ0) is 27.1. The van der Waals surface area contributed by atoms with Gasteiger partial charge in [-0.1, -0.05) is 37.1 Å². The van der Waals surface area contributed by atoms with Gasteiger partial charge in [-0.15, -0.1) is 0 Å². The molecule has 39 heavy (non-hydrogen) atoms. The second-order valence-corrected chi connectivity index (χ2v) is 10.4. The number of amides is 1. The third kappa shape index (κ3) is 4.94. The number of carbonyl (C=O) groups is 1. The van der Waals surface area contributed by atoms with Crippen molar-refractivity contribution < 1.29 is 23.4 Å². The number of ether oxygens (including phenoxy) is 1. The molecule has 1 saturated carbocycles. The molecule has 4 aromatic rings. The molecule has 6 rings (SSSR count). The molecule has 2 heterocycles. The molecule has 2 aliphatic rings. The van der Waals surface area contributed by atoms with Crippen LogP contribution < -0.4 is 15.0 Å². The van der Waals surface area contributed by atoms with Crippen molar-refractivity contribution in [2.45, 2.75) is 50.5 Å². The molecule has 1 aromatic heterocycles. The third-order valence-corrected chi connectivity index (χ3v) is 7.68. The normalized spacial score (nSPS) is 20.9. The molecule has 1 fully saturated rings. The lowest BCUT2D eigenvalue weighted by atomic mass is 9.92. The van der Waals surface area contributed by atoms with Gasteiger partial charge in [-0.05, 0) is 54.3 Å². The number of fused-ring (bicyclic) bond motifs is 2. The van der Waals surface area contributed by atoms with Gasteiger partial charge in [0.15, 0.2) is 6.10 Å². The molecule has 2 N–H and O–H groups in total. The Bertz CT molecular complexity index is 1510. The van der Waals surface area contributed by atoms with E-state index in [-0.39, 0.29) is 30.6 Å². The molecule has 0 spiro atoms. The van der Waals surface area contributed by atoms with Gasteiger partial charge >= 0.3 is 0 Å². The van der Waals surface area contributed by atoms with Crippen LogP contribution >= 0.6 is 0 Å². The van der Waals surface area contributed by atoms with Gasteiger partial charge < -0.3 is 20.1 Å². The van der Waals surface area contributed by atoms with E-state index in [0.29, 0.717) is 35.4 Å². The van der Waals surface area contributed by atoms with Crippen molar-refractivity contribution in [3.05, 3.63) is 78.0 Å². The number of hydrogen-bond donors (Lipinski definition) is 2. The van der Waals surface area contributed by atoms with E-state index in [9.17, 15) is 9.90 Å². The molecule has 1 amide bonds. The summed E-state index contributed by atoms with van der Waals surface area (Å²) in [7, 11) is 1.80. The topological polar surface area (TPSA) is 79.6 Å². The summed E-state index contributed by atoms with van der Waals surface area (Å²) in [5, 5.41) is 18.4. The number of hydrogen-bond acceptors (Lipinski definition) is 5. The Kier molecular flexibility index (Phi) is 6.68. The highest BCUT2D eigenvalue weighted by Crippen LogP contribution is 2.36. The zero-order valence-electron chi connectivity index (χ0n) is 21.6. The number of aryl methyl sites for hydroxylation is 1. The lowest BCUT2D eigenvalue weighted by Gasteiger charge is -2.37. The summed E-state index contributed by atoms with van der Waals surface area (Å²) in [6, 6.07) is 15.0. The van der Waals surface area contributed by atoms with E-state index >= 15 is 8.78 Å². The van der Waals surface area contributed by atoms with Gasteiger partial charge in [0, 0.05) is 30.7 Å². The quantitative estimate of drug-likeness (QED) is 0.389. The molecule has 7 nitrogen and oxygen atoms in total. The van der Waals surface area contributed by atoms with Crippen molar-refractivity contribution in [3.8, 4) is 16.9 Å². The number of halogens is 2. The number of nitrogens with one attached hydrogen (secondary N) is 1. The molecule has 3 aromatic carbocycles. The smallest absolute Gasteiger partial charge is 0.263 e. The van der Waals surface area contributed by atoms with E-state index in [2.05, 4.69) is 10.4 Å². The highest BCUT2D eigenvalue weighted by atomic mass is 19.1. The monoisotopic (exact) mass is 532 g/mol. The van der Waals surface area contributed by atoms with E-state index < -0.39 is 23.8 Å². The van der Waals surface area contributed by atoms with Gasteiger partial charge in [-0.3, -0.25) is 9.48 Å². The predicted molar refractivity (Wildman–Crippen MR) is 144 cm³/mol. The van der Waals surface area contributed by atoms with E-state index in [0.717, 1.165) is 23.7 Å². The highest BCUT2D eigenvalue weighted by molar-refractivity contribution is 5.94. The SMILES string of the molecule is Cn1cc2c(-c3cc(F)c(CN4CC(C(=O)NC5CCCCC5O)Oc5ccccc54)c(F)c3)cccc2n1. The minimum atomic E-state index is -0.886. The number of rotatable bonds is 5. The number of nitrogens with zero attached hydrogens (tertiary/aromatic N) is 3. The van der Waals surface area contributed by atoms with Crippen molar-refractivity contribution in [3.63, 3.8) is 0 Å². The molecular formula is C30H30F2N4O3. The van der Waals surface area contributed by atoms with Gasteiger partial charge in [0.05, 0.1) is 29.9 Å². The first-order chi connectivity index (χ1) is 18.9. The Morgan fingerprint density at radius 1 is 1.10 bits per heavy atom. The summed E-state index contributed by atoms with van der Waals surface area (Å²) < 4.78 is 38.7. The van der Waals surface area contributed by atoms with Crippen LogP contribution in [0.3, 0.4) is 0 Å². The molecule has 0 radical (unpaired) electrons. The van der Waals surface area contributed by atoms with Crippen LogP contribution in [0, 0.1) is 11.6 Å². The summed E-state index contributed by atoms with van der Waals surface area (Å²) in [6.45, 7) is 0.0343. The number of aromatic nitrogens is 2. The van der Waals surface area contributed by atoms with Crippen molar-refractivity contribution in [2.75, 3.05) is 11.4 Å². The van der Waals surface area contributed by atoms with Crippen LogP contribution in [-0.2, 0) is 18.4 Å². The summed E-state index contributed by atoms with van der Waals surface area (Å²) >= 11 is 0. The second kappa shape index (κ2) is 10.3. The summed E-state index contributed by atoms with van der Waals surface area (Å²) in [6.07, 6.45) is 3.58. The van der Waals surface area contributed by atoms with E-state index in [1.54, 1.807) is 28.8 Å². The fourth-order valence-electron chi connectivity index (χ4n) is 5.66. The minimum absolute atomic E-state index is 0.0781. The summed E-state index contributed by atoms with van der Waals surface area (Å²) in [4.78, 5) is 14.9. The number of aliphatic hydroxyl groups is 1.